The van der Waals surface area contributed by atoms with Gasteiger partial charge in [0.15, 0.2) is 0 Å². The molecule has 4 heteroatoms. The zero-order chi connectivity index (χ0) is 22.3. The van der Waals surface area contributed by atoms with Crippen LogP contribution in [0.3, 0.4) is 0 Å². The predicted octanol–water partition coefficient (Wildman–Crippen LogP) is 5.48. The Hall–Kier alpha value is -3.53. The summed E-state index contributed by atoms with van der Waals surface area (Å²) in [5.41, 5.74) is 4.52. The van der Waals surface area contributed by atoms with Crippen LogP contribution in [0.25, 0.3) is 0 Å². The fourth-order valence-corrected chi connectivity index (χ4v) is 5.61. The van der Waals surface area contributed by atoms with Crippen LogP contribution in [0.4, 0.5) is 0 Å². The molecule has 1 heterocycles. The van der Waals surface area contributed by atoms with Crippen molar-refractivity contribution < 1.29 is 14.4 Å². The summed E-state index contributed by atoms with van der Waals surface area (Å²) in [7, 11) is 0. The van der Waals surface area contributed by atoms with E-state index in [0.29, 0.717) is 5.71 Å². The van der Waals surface area contributed by atoms with Crippen LogP contribution in [0.2, 0.25) is 0 Å². The normalized spacial score (nSPS) is 25.0. The quantitative estimate of drug-likeness (QED) is 0.524. The number of carbonyl (C=O) groups excluding carboxylic acids is 2. The van der Waals surface area contributed by atoms with Gasteiger partial charge in [-0.1, -0.05) is 84.0 Å². The molecular formula is C28H25NO3. The number of hydrogen-bond donors (Lipinski definition) is 0. The minimum Gasteiger partial charge on any atom is -0.317 e. The molecule has 1 fully saturated rings. The lowest BCUT2D eigenvalue weighted by Crippen LogP contribution is -2.51. The van der Waals surface area contributed by atoms with E-state index in [0.717, 1.165) is 27.8 Å². The van der Waals surface area contributed by atoms with Gasteiger partial charge in [-0.15, -0.1) is 0 Å². The molecule has 0 amide bonds. The smallest absolute Gasteiger partial charge is 0.317 e. The second kappa shape index (κ2) is 7.86. The van der Waals surface area contributed by atoms with E-state index in [2.05, 4.69) is 5.16 Å². The van der Waals surface area contributed by atoms with Gasteiger partial charge < -0.3 is 4.84 Å². The highest BCUT2D eigenvalue weighted by molar-refractivity contribution is 6.20. The Morgan fingerprint density at radius 2 is 1.25 bits per heavy atom. The van der Waals surface area contributed by atoms with Crippen molar-refractivity contribution in [3.05, 3.63) is 107 Å². The summed E-state index contributed by atoms with van der Waals surface area (Å²) in [6.07, 6.45) is 0.572. The molecule has 0 saturated heterocycles. The van der Waals surface area contributed by atoms with Gasteiger partial charge >= 0.3 is 5.97 Å². The fraction of sp³-hybridized carbons (Fsp3) is 0.250. The van der Waals surface area contributed by atoms with Crippen LogP contribution >= 0.6 is 0 Å². The summed E-state index contributed by atoms with van der Waals surface area (Å²) in [5.74, 6) is -0.929. The Balaban J connectivity index is 1.82. The minimum atomic E-state index is -1.08. The number of carbonyl (C=O) groups is 2. The van der Waals surface area contributed by atoms with E-state index in [1.165, 1.54) is 0 Å². The first kappa shape index (κ1) is 20.4. The molecule has 3 aromatic carbocycles. The number of Topliss-reactive ketones (excluding diaryl/α,β-unsaturated/α-hetero) is 1. The third-order valence-electron chi connectivity index (χ3n) is 7.09. The van der Waals surface area contributed by atoms with Crippen molar-refractivity contribution in [2.45, 2.75) is 38.5 Å². The Morgan fingerprint density at radius 3 is 1.78 bits per heavy atom. The van der Waals surface area contributed by atoms with Crippen LogP contribution in [0.1, 0.15) is 52.5 Å². The monoisotopic (exact) mass is 423 g/mol. The van der Waals surface area contributed by atoms with Crippen LogP contribution in [-0.2, 0) is 14.4 Å². The average Bonchev–Trinajstić information content (AvgIpc) is 3.14. The van der Waals surface area contributed by atoms with Gasteiger partial charge in [0, 0.05) is 30.2 Å². The highest BCUT2D eigenvalue weighted by Gasteiger charge is 2.64. The van der Waals surface area contributed by atoms with Gasteiger partial charge in [0.2, 0.25) is 0 Å². The van der Waals surface area contributed by atoms with Gasteiger partial charge in [0.25, 0.3) is 0 Å². The number of aryl methyl sites for hydroxylation is 2. The minimum absolute atomic E-state index is 0.157. The lowest BCUT2D eigenvalue weighted by molar-refractivity contribution is -0.152. The molecule has 1 spiro atoms. The molecule has 0 aromatic heterocycles. The Kier molecular flexibility index (Phi) is 5.01. The van der Waals surface area contributed by atoms with Gasteiger partial charge in [-0.25, -0.2) is 4.79 Å². The molecule has 3 atom stereocenters. The van der Waals surface area contributed by atoms with E-state index in [1.54, 1.807) is 0 Å². The van der Waals surface area contributed by atoms with Crippen molar-refractivity contribution in [2.75, 3.05) is 0 Å². The highest BCUT2D eigenvalue weighted by Crippen LogP contribution is 2.59. The summed E-state index contributed by atoms with van der Waals surface area (Å²) in [5, 5.41) is 4.36. The van der Waals surface area contributed by atoms with E-state index in [1.807, 2.05) is 92.7 Å². The van der Waals surface area contributed by atoms with Crippen molar-refractivity contribution in [1.82, 2.24) is 0 Å². The van der Waals surface area contributed by atoms with E-state index in [9.17, 15) is 9.59 Å². The van der Waals surface area contributed by atoms with E-state index in [-0.39, 0.29) is 36.4 Å². The standard InChI is InChI=1S/C28H25NO3/c1-18-10-6-8-14-22(18)24-16-21(30)17-25(23-15-9-7-11-19(23)2)28(24)26(29-32-27(28)31)20-12-4-3-5-13-20/h3-15,24-25H,16-17H2,1-2H3/t24-,25+,28?. The zero-order valence-electron chi connectivity index (χ0n) is 18.2. The van der Waals surface area contributed by atoms with Crippen LogP contribution < -0.4 is 0 Å². The summed E-state index contributed by atoms with van der Waals surface area (Å²) >= 11 is 0. The first-order valence-electron chi connectivity index (χ1n) is 11.0. The summed E-state index contributed by atoms with van der Waals surface area (Å²) in [6.45, 7) is 4.06. The van der Waals surface area contributed by atoms with Crippen molar-refractivity contribution in [2.24, 2.45) is 10.6 Å². The van der Waals surface area contributed by atoms with Crippen LogP contribution in [0.15, 0.2) is 84.0 Å². The third kappa shape index (κ3) is 3.01. The second-order valence-electron chi connectivity index (χ2n) is 8.82. The fourth-order valence-electron chi connectivity index (χ4n) is 5.61. The first-order valence-corrected chi connectivity index (χ1v) is 11.0. The van der Waals surface area contributed by atoms with Crippen molar-refractivity contribution in [3.8, 4) is 0 Å². The van der Waals surface area contributed by atoms with Gasteiger partial charge in [-0.3, -0.25) is 4.79 Å². The number of benzene rings is 3. The maximum absolute atomic E-state index is 13.8. The first-order chi connectivity index (χ1) is 15.5. The molecule has 0 radical (unpaired) electrons. The molecular weight excluding hydrogens is 398 g/mol. The number of rotatable bonds is 3. The Morgan fingerprint density at radius 1 is 0.750 bits per heavy atom. The van der Waals surface area contributed by atoms with Crippen LogP contribution in [0, 0.1) is 19.3 Å². The van der Waals surface area contributed by atoms with Crippen molar-refractivity contribution in [1.29, 1.82) is 0 Å². The van der Waals surface area contributed by atoms with Crippen molar-refractivity contribution >= 4 is 17.5 Å². The topological polar surface area (TPSA) is 55.7 Å². The molecule has 1 saturated carbocycles. The molecule has 0 bridgehead atoms. The molecule has 0 N–H and O–H groups in total. The van der Waals surface area contributed by atoms with Gasteiger partial charge in [-0.05, 0) is 36.1 Å². The lowest BCUT2D eigenvalue weighted by atomic mass is 9.53. The van der Waals surface area contributed by atoms with Crippen molar-refractivity contribution in [3.63, 3.8) is 0 Å². The maximum Gasteiger partial charge on any atom is 0.348 e. The van der Waals surface area contributed by atoms with Gasteiger partial charge in [0.05, 0.1) is 0 Å². The summed E-state index contributed by atoms with van der Waals surface area (Å²) in [6, 6.07) is 25.8. The maximum atomic E-state index is 13.8. The van der Waals surface area contributed by atoms with Gasteiger partial charge in [-0.2, -0.15) is 0 Å². The summed E-state index contributed by atoms with van der Waals surface area (Å²) in [4.78, 5) is 32.4. The molecule has 1 aliphatic heterocycles. The molecule has 3 aromatic rings. The largest absolute Gasteiger partial charge is 0.348 e. The number of ketones is 1. The number of oxime groups is 1. The zero-order valence-corrected chi connectivity index (χ0v) is 18.2. The second-order valence-corrected chi connectivity index (χ2v) is 8.82. The van der Waals surface area contributed by atoms with Gasteiger partial charge in [0.1, 0.15) is 16.9 Å². The van der Waals surface area contributed by atoms with E-state index in [4.69, 9.17) is 4.84 Å². The lowest BCUT2D eigenvalue weighted by Gasteiger charge is -2.45. The highest BCUT2D eigenvalue weighted by atomic mass is 16.7. The SMILES string of the molecule is Cc1ccccc1[C@H]1CC(=O)C[C@@H](c2ccccc2C)C12C(=O)ON=C2c1ccccc1. The Bertz CT molecular complexity index is 1170. The number of hydrogen-bond acceptors (Lipinski definition) is 4. The molecule has 4 nitrogen and oxygen atoms in total. The summed E-state index contributed by atoms with van der Waals surface area (Å²) < 4.78 is 0. The average molecular weight is 424 g/mol. The molecule has 1 unspecified atom stereocenters. The molecule has 5 rings (SSSR count). The molecule has 2 aliphatic rings. The Labute approximate surface area is 187 Å². The predicted molar refractivity (Wildman–Crippen MR) is 124 cm³/mol. The molecule has 1 aliphatic carbocycles. The van der Waals surface area contributed by atoms with Crippen LogP contribution in [0.5, 0.6) is 0 Å². The van der Waals surface area contributed by atoms with E-state index < -0.39 is 5.41 Å². The third-order valence-corrected chi connectivity index (χ3v) is 7.09. The number of nitrogens with zero attached hydrogens (tertiary/aromatic N) is 1. The molecule has 32 heavy (non-hydrogen) atoms. The van der Waals surface area contributed by atoms with Crippen LogP contribution in [-0.4, -0.2) is 17.5 Å². The molecule has 160 valence electrons. The van der Waals surface area contributed by atoms with E-state index >= 15 is 0 Å².